The second-order valence-corrected chi connectivity index (χ2v) is 7.63. The summed E-state index contributed by atoms with van der Waals surface area (Å²) in [4.78, 5) is 15.9. The SMILES string of the molecule is CC(C)(C)NC(=O)CN(Cc1ccccn1)S(C)(=O)=O. The van der Waals surface area contributed by atoms with Crippen LogP contribution in [0.15, 0.2) is 24.4 Å². The van der Waals surface area contributed by atoms with E-state index in [1.165, 1.54) is 0 Å². The summed E-state index contributed by atoms with van der Waals surface area (Å²) in [7, 11) is -3.48. The van der Waals surface area contributed by atoms with E-state index in [-0.39, 0.29) is 19.0 Å². The summed E-state index contributed by atoms with van der Waals surface area (Å²) in [5.74, 6) is -0.334. The molecule has 0 saturated heterocycles. The van der Waals surface area contributed by atoms with Gasteiger partial charge in [0.2, 0.25) is 15.9 Å². The molecule has 112 valence electrons. The zero-order valence-electron chi connectivity index (χ0n) is 12.3. The molecular formula is C13H21N3O3S. The van der Waals surface area contributed by atoms with E-state index in [0.29, 0.717) is 5.69 Å². The van der Waals surface area contributed by atoms with Crippen LogP contribution in [-0.4, -0.2) is 42.0 Å². The first-order valence-corrected chi connectivity index (χ1v) is 8.09. The van der Waals surface area contributed by atoms with Crippen molar-refractivity contribution in [1.29, 1.82) is 0 Å². The smallest absolute Gasteiger partial charge is 0.235 e. The van der Waals surface area contributed by atoms with Crippen LogP contribution in [0.4, 0.5) is 0 Å². The van der Waals surface area contributed by atoms with Crippen molar-refractivity contribution < 1.29 is 13.2 Å². The summed E-state index contributed by atoms with van der Waals surface area (Å²) in [5, 5.41) is 2.74. The first-order chi connectivity index (χ1) is 9.08. The predicted molar refractivity (Wildman–Crippen MR) is 77.4 cm³/mol. The third-order valence-electron chi connectivity index (χ3n) is 2.37. The average Bonchev–Trinajstić information content (AvgIpc) is 2.25. The Morgan fingerprint density at radius 2 is 2.00 bits per heavy atom. The van der Waals surface area contributed by atoms with Gasteiger partial charge in [0.25, 0.3) is 0 Å². The van der Waals surface area contributed by atoms with Crippen LogP contribution in [0.25, 0.3) is 0 Å². The first-order valence-electron chi connectivity index (χ1n) is 6.24. The number of nitrogens with one attached hydrogen (secondary N) is 1. The van der Waals surface area contributed by atoms with E-state index in [9.17, 15) is 13.2 Å². The van der Waals surface area contributed by atoms with Crippen LogP contribution < -0.4 is 5.32 Å². The van der Waals surface area contributed by atoms with Crippen molar-refractivity contribution in [2.45, 2.75) is 32.9 Å². The largest absolute Gasteiger partial charge is 0.350 e. The van der Waals surface area contributed by atoms with Gasteiger partial charge < -0.3 is 5.32 Å². The quantitative estimate of drug-likeness (QED) is 0.870. The van der Waals surface area contributed by atoms with Crippen molar-refractivity contribution in [2.75, 3.05) is 12.8 Å². The summed E-state index contributed by atoms with van der Waals surface area (Å²) in [6.45, 7) is 5.39. The van der Waals surface area contributed by atoms with Crippen LogP contribution in [0.3, 0.4) is 0 Å². The standard InChI is InChI=1S/C13H21N3O3S/c1-13(2,3)15-12(17)10-16(20(4,18)19)9-11-7-5-6-8-14-11/h5-8H,9-10H2,1-4H3,(H,15,17). The number of nitrogens with zero attached hydrogens (tertiary/aromatic N) is 2. The lowest BCUT2D eigenvalue weighted by Crippen LogP contribution is -2.47. The second-order valence-electron chi connectivity index (χ2n) is 5.65. The Balaban J connectivity index is 2.79. The molecule has 20 heavy (non-hydrogen) atoms. The third kappa shape index (κ3) is 6.12. The molecule has 0 unspecified atom stereocenters. The molecule has 1 aromatic rings. The van der Waals surface area contributed by atoms with Gasteiger partial charge in [0, 0.05) is 11.7 Å². The molecule has 0 spiro atoms. The van der Waals surface area contributed by atoms with Crippen LogP contribution in [-0.2, 0) is 21.4 Å². The third-order valence-corrected chi connectivity index (χ3v) is 3.56. The van der Waals surface area contributed by atoms with Crippen molar-refractivity contribution in [1.82, 2.24) is 14.6 Å². The van der Waals surface area contributed by atoms with Gasteiger partial charge in [-0.1, -0.05) is 6.07 Å². The average molecular weight is 299 g/mol. The highest BCUT2D eigenvalue weighted by atomic mass is 32.2. The van der Waals surface area contributed by atoms with Crippen LogP contribution in [0, 0.1) is 0 Å². The fourth-order valence-corrected chi connectivity index (χ4v) is 2.30. The van der Waals surface area contributed by atoms with Crippen molar-refractivity contribution in [3.8, 4) is 0 Å². The molecule has 1 N–H and O–H groups in total. The number of pyridine rings is 1. The van der Waals surface area contributed by atoms with Gasteiger partial charge in [-0.25, -0.2) is 8.42 Å². The Morgan fingerprint density at radius 3 is 2.45 bits per heavy atom. The maximum Gasteiger partial charge on any atom is 0.235 e. The normalized spacial score (nSPS) is 12.4. The minimum atomic E-state index is -3.48. The van der Waals surface area contributed by atoms with E-state index < -0.39 is 15.6 Å². The van der Waals surface area contributed by atoms with Gasteiger partial charge in [0.1, 0.15) is 0 Å². The van der Waals surface area contributed by atoms with Crippen LogP contribution >= 0.6 is 0 Å². The summed E-state index contributed by atoms with van der Waals surface area (Å²) >= 11 is 0. The molecule has 0 fully saturated rings. The molecule has 1 rings (SSSR count). The Hall–Kier alpha value is -1.47. The topological polar surface area (TPSA) is 79.4 Å². The van der Waals surface area contributed by atoms with E-state index >= 15 is 0 Å². The zero-order chi connectivity index (χ0) is 15.4. The van der Waals surface area contributed by atoms with Crippen LogP contribution in [0.5, 0.6) is 0 Å². The molecule has 0 atom stereocenters. The molecular weight excluding hydrogens is 278 g/mol. The lowest BCUT2D eigenvalue weighted by Gasteiger charge is -2.24. The van der Waals surface area contributed by atoms with E-state index in [1.54, 1.807) is 24.4 Å². The van der Waals surface area contributed by atoms with E-state index in [1.807, 2.05) is 20.8 Å². The minimum absolute atomic E-state index is 0.0806. The summed E-state index contributed by atoms with van der Waals surface area (Å²) in [5.41, 5.74) is 0.201. The van der Waals surface area contributed by atoms with Gasteiger partial charge in [0.05, 0.1) is 25.0 Å². The number of rotatable bonds is 5. The molecule has 7 heteroatoms. The fraction of sp³-hybridized carbons (Fsp3) is 0.538. The lowest BCUT2D eigenvalue weighted by molar-refractivity contribution is -0.122. The Bertz CT molecular complexity index is 550. The Kier molecular flexibility index (Phi) is 5.24. The van der Waals surface area contributed by atoms with Crippen LogP contribution in [0.1, 0.15) is 26.5 Å². The molecule has 1 aromatic heterocycles. The van der Waals surface area contributed by atoms with Crippen molar-refractivity contribution in [3.05, 3.63) is 30.1 Å². The highest BCUT2D eigenvalue weighted by Gasteiger charge is 2.23. The zero-order valence-corrected chi connectivity index (χ0v) is 13.1. The molecule has 0 aromatic carbocycles. The highest BCUT2D eigenvalue weighted by molar-refractivity contribution is 7.88. The monoisotopic (exact) mass is 299 g/mol. The van der Waals surface area contributed by atoms with E-state index in [4.69, 9.17) is 0 Å². The molecule has 0 aliphatic carbocycles. The Labute approximate surface area is 120 Å². The second kappa shape index (κ2) is 6.32. The van der Waals surface area contributed by atoms with Crippen LogP contribution in [0.2, 0.25) is 0 Å². The van der Waals surface area contributed by atoms with Gasteiger partial charge in [0.15, 0.2) is 0 Å². The van der Waals surface area contributed by atoms with Crippen molar-refractivity contribution in [2.24, 2.45) is 0 Å². The molecule has 0 saturated carbocycles. The van der Waals surface area contributed by atoms with E-state index in [2.05, 4.69) is 10.3 Å². The maximum absolute atomic E-state index is 11.9. The van der Waals surface area contributed by atoms with E-state index in [0.717, 1.165) is 10.6 Å². The molecule has 0 aliphatic rings. The van der Waals surface area contributed by atoms with Gasteiger partial charge in [-0.3, -0.25) is 9.78 Å². The summed E-state index contributed by atoms with van der Waals surface area (Å²) in [6, 6.07) is 5.25. The number of carbonyl (C=O) groups is 1. The maximum atomic E-state index is 11.9. The van der Waals surface area contributed by atoms with Gasteiger partial charge in [-0.2, -0.15) is 4.31 Å². The van der Waals surface area contributed by atoms with Crippen molar-refractivity contribution in [3.63, 3.8) is 0 Å². The summed E-state index contributed by atoms with van der Waals surface area (Å²) in [6.07, 6.45) is 2.67. The minimum Gasteiger partial charge on any atom is -0.350 e. The van der Waals surface area contributed by atoms with Gasteiger partial charge >= 0.3 is 0 Å². The van der Waals surface area contributed by atoms with Gasteiger partial charge in [-0.05, 0) is 32.9 Å². The molecule has 0 bridgehead atoms. The number of hydrogen-bond donors (Lipinski definition) is 1. The lowest BCUT2D eigenvalue weighted by atomic mass is 10.1. The fourth-order valence-electron chi connectivity index (χ4n) is 1.58. The Morgan fingerprint density at radius 1 is 1.35 bits per heavy atom. The number of sulfonamides is 1. The van der Waals surface area contributed by atoms with Gasteiger partial charge in [-0.15, -0.1) is 0 Å². The number of hydrogen-bond acceptors (Lipinski definition) is 4. The number of amides is 1. The van der Waals surface area contributed by atoms with Crippen molar-refractivity contribution >= 4 is 15.9 Å². The predicted octanol–water partition coefficient (Wildman–Crippen LogP) is 0.758. The first kappa shape index (κ1) is 16.6. The molecule has 6 nitrogen and oxygen atoms in total. The molecule has 1 heterocycles. The molecule has 0 aliphatic heterocycles. The highest BCUT2D eigenvalue weighted by Crippen LogP contribution is 2.06. The molecule has 1 amide bonds. The molecule has 0 radical (unpaired) electrons. The summed E-state index contributed by atoms with van der Waals surface area (Å²) < 4.78 is 24.6. The number of carbonyl (C=O) groups excluding carboxylic acids is 1. The number of aromatic nitrogens is 1.